The molecule has 0 bridgehead atoms. The molecule has 1 aromatic rings. The summed E-state index contributed by atoms with van der Waals surface area (Å²) in [4.78, 5) is 0. The Bertz CT molecular complexity index is 597. The highest BCUT2D eigenvalue weighted by Crippen LogP contribution is 2.39. The maximum atomic E-state index is 11.8. The molecule has 1 N–H and O–H groups in total. The second-order valence-electron chi connectivity index (χ2n) is 5.02. The number of aliphatic hydroxyl groups is 1. The van der Waals surface area contributed by atoms with Crippen LogP contribution in [0.5, 0.6) is 5.75 Å². The van der Waals surface area contributed by atoms with E-state index >= 15 is 0 Å². The van der Waals surface area contributed by atoms with Crippen LogP contribution in [0.15, 0.2) is 12.1 Å². The first kappa shape index (κ1) is 17.6. The summed E-state index contributed by atoms with van der Waals surface area (Å²) in [5.41, 5.74) is 0.260. The lowest BCUT2D eigenvalue weighted by molar-refractivity contribution is 0.139. The van der Waals surface area contributed by atoms with Crippen LogP contribution < -0.4 is 4.74 Å². The van der Waals surface area contributed by atoms with Gasteiger partial charge in [0.2, 0.25) is 0 Å². The van der Waals surface area contributed by atoms with E-state index in [9.17, 15) is 13.5 Å². The van der Waals surface area contributed by atoms with Crippen LogP contribution in [0.3, 0.4) is 0 Å². The molecule has 114 valence electrons. The zero-order valence-corrected chi connectivity index (χ0v) is 14.1. The standard InChI is InChI=1S/C13H18Cl2O4S/c1-5-19-11-7-9(14)8(6-10(11)15)12(16)13(2,3)20(4,17)18/h6-7,12,16H,5H2,1-4H3. The molecule has 20 heavy (non-hydrogen) atoms. The average Bonchev–Trinajstić information content (AvgIpc) is 2.31. The third kappa shape index (κ3) is 3.39. The van der Waals surface area contributed by atoms with Gasteiger partial charge in [0.05, 0.1) is 27.5 Å². The number of ether oxygens (including phenoxy) is 1. The molecule has 7 heteroatoms. The highest BCUT2D eigenvalue weighted by molar-refractivity contribution is 7.92. The molecule has 0 spiro atoms. The van der Waals surface area contributed by atoms with Crippen LogP contribution in [-0.4, -0.2) is 31.1 Å². The Hall–Kier alpha value is -0.490. The summed E-state index contributed by atoms with van der Waals surface area (Å²) in [5.74, 6) is 0.396. The van der Waals surface area contributed by atoms with Crippen molar-refractivity contribution >= 4 is 33.0 Å². The van der Waals surface area contributed by atoms with Crippen molar-refractivity contribution < 1.29 is 18.3 Å². The molecular formula is C13H18Cl2O4S. The third-order valence-electron chi connectivity index (χ3n) is 3.26. The molecule has 1 atom stereocenters. The van der Waals surface area contributed by atoms with Crippen molar-refractivity contribution in [1.29, 1.82) is 0 Å². The zero-order chi connectivity index (χ0) is 15.7. The van der Waals surface area contributed by atoms with E-state index < -0.39 is 20.7 Å². The number of rotatable bonds is 5. The number of hydrogen-bond donors (Lipinski definition) is 1. The van der Waals surface area contributed by atoms with Gasteiger partial charge in [-0.3, -0.25) is 0 Å². The molecule has 4 nitrogen and oxygen atoms in total. The maximum absolute atomic E-state index is 11.8. The lowest BCUT2D eigenvalue weighted by Gasteiger charge is -2.29. The van der Waals surface area contributed by atoms with Crippen molar-refractivity contribution in [2.45, 2.75) is 31.6 Å². The number of sulfone groups is 1. The van der Waals surface area contributed by atoms with E-state index in [2.05, 4.69) is 0 Å². The van der Waals surface area contributed by atoms with Crippen molar-refractivity contribution in [1.82, 2.24) is 0 Å². The van der Waals surface area contributed by atoms with Gasteiger partial charge in [-0.25, -0.2) is 8.42 Å². The molecular weight excluding hydrogens is 323 g/mol. The molecule has 0 fully saturated rings. The molecule has 0 aliphatic heterocycles. The lowest BCUT2D eigenvalue weighted by Crippen LogP contribution is -2.38. The van der Waals surface area contributed by atoms with E-state index in [0.29, 0.717) is 12.4 Å². The normalized spacial score (nSPS) is 14.2. The smallest absolute Gasteiger partial charge is 0.155 e. The van der Waals surface area contributed by atoms with Gasteiger partial charge in [-0.05, 0) is 26.8 Å². The van der Waals surface area contributed by atoms with Gasteiger partial charge in [0.15, 0.2) is 9.84 Å². The van der Waals surface area contributed by atoms with Crippen LogP contribution in [0, 0.1) is 0 Å². The first-order valence-corrected chi connectivity index (χ1v) is 8.66. The highest BCUT2D eigenvalue weighted by atomic mass is 35.5. The van der Waals surface area contributed by atoms with E-state index in [0.717, 1.165) is 6.26 Å². The molecule has 0 amide bonds. The first-order chi connectivity index (χ1) is 9.02. The molecule has 0 aliphatic carbocycles. The van der Waals surface area contributed by atoms with Crippen LogP contribution in [0.4, 0.5) is 0 Å². The topological polar surface area (TPSA) is 63.6 Å². The van der Waals surface area contributed by atoms with Crippen molar-refractivity contribution in [3.8, 4) is 5.75 Å². The van der Waals surface area contributed by atoms with Gasteiger partial charge < -0.3 is 9.84 Å². The minimum absolute atomic E-state index is 0.210. The number of benzene rings is 1. The Morgan fingerprint density at radius 1 is 1.30 bits per heavy atom. The van der Waals surface area contributed by atoms with Crippen LogP contribution in [0.2, 0.25) is 10.0 Å². The Morgan fingerprint density at radius 3 is 2.30 bits per heavy atom. The van der Waals surface area contributed by atoms with Gasteiger partial charge in [-0.2, -0.15) is 0 Å². The fourth-order valence-electron chi connectivity index (χ4n) is 1.60. The summed E-state index contributed by atoms with van der Waals surface area (Å²) in [5, 5.41) is 10.8. The van der Waals surface area contributed by atoms with Gasteiger partial charge in [-0.1, -0.05) is 23.2 Å². The van der Waals surface area contributed by atoms with Crippen LogP contribution in [0.1, 0.15) is 32.4 Å². The van der Waals surface area contributed by atoms with E-state index in [1.807, 2.05) is 0 Å². The Labute approximate surface area is 129 Å². The first-order valence-electron chi connectivity index (χ1n) is 6.01. The summed E-state index contributed by atoms with van der Waals surface area (Å²) in [6.45, 7) is 5.11. The molecule has 0 aromatic heterocycles. The van der Waals surface area contributed by atoms with Crippen molar-refractivity contribution in [2.24, 2.45) is 0 Å². The summed E-state index contributed by atoms with van der Waals surface area (Å²) in [6.07, 6.45) is -0.224. The Kier molecular flexibility index (Phi) is 5.35. The maximum Gasteiger partial charge on any atom is 0.155 e. The second kappa shape index (κ2) is 6.10. The molecule has 0 saturated heterocycles. The molecule has 1 unspecified atom stereocenters. The fraction of sp³-hybridized carbons (Fsp3) is 0.538. The number of hydrogen-bond acceptors (Lipinski definition) is 4. The molecule has 0 radical (unpaired) electrons. The van der Waals surface area contributed by atoms with Crippen LogP contribution >= 0.6 is 23.2 Å². The zero-order valence-electron chi connectivity index (χ0n) is 11.8. The predicted molar refractivity (Wildman–Crippen MR) is 81.5 cm³/mol. The third-order valence-corrected chi connectivity index (χ3v) is 6.02. The van der Waals surface area contributed by atoms with E-state index in [1.54, 1.807) is 6.92 Å². The predicted octanol–water partition coefficient (Wildman–Crippen LogP) is 3.25. The van der Waals surface area contributed by atoms with E-state index in [4.69, 9.17) is 27.9 Å². The summed E-state index contributed by atoms with van der Waals surface area (Å²) in [6, 6.07) is 2.91. The Balaban J connectivity index is 3.31. The van der Waals surface area contributed by atoms with Crippen molar-refractivity contribution in [3.05, 3.63) is 27.7 Å². The molecule has 1 aromatic carbocycles. The summed E-state index contributed by atoms with van der Waals surface area (Å²) < 4.78 is 27.5. The van der Waals surface area contributed by atoms with Crippen molar-refractivity contribution in [3.63, 3.8) is 0 Å². The fourth-order valence-corrected chi connectivity index (χ4v) is 2.61. The molecule has 1 rings (SSSR count). The number of aliphatic hydroxyl groups excluding tert-OH is 1. The van der Waals surface area contributed by atoms with Crippen LogP contribution in [-0.2, 0) is 9.84 Å². The summed E-state index contributed by atoms with van der Waals surface area (Å²) in [7, 11) is -3.48. The van der Waals surface area contributed by atoms with Gasteiger partial charge in [0, 0.05) is 17.9 Å². The SMILES string of the molecule is CCOc1cc(Cl)c(C(O)C(C)(C)S(C)(=O)=O)cc1Cl. The van der Waals surface area contributed by atoms with Gasteiger partial charge in [0.1, 0.15) is 5.75 Å². The lowest BCUT2D eigenvalue weighted by atomic mass is 9.98. The largest absolute Gasteiger partial charge is 0.492 e. The highest BCUT2D eigenvalue weighted by Gasteiger charge is 2.40. The molecule has 0 heterocycles. The van der Waals surface area contributed by atoms with E-state index in [-0.39, 0.29) is 15.6 Å². The average molecular weight is 341 g/mol. The molecule has 0 saturated carbocycles. The second-order valence-corrected chi connectivity index (χ2v) is 8.43. The van der Waals surface area contributed by atoms with Crippen LogP contribution in [0.25, 0.3) is 0 Å². The monoisotopic (exact) mass is 340 g/mol. The quantitative estimate of drug-likeness (QED) is 0.893. The van der Waals surface area contributed by atoms with E-state index in [1.165, 1.54) is 26.0 Å². The van der Waals surface area contributed by atoms with Gasteiger partial charge in [-0.15, -0.1) is 0 Å². The molecule has 0 aliphatic rings. The van der Waals surface area contributed by atoms with Gasteiger partial charge >= 0.3 is 0 Å². The summed E-state index contributed by atoms with van der Waals surface area (Å²) >= 11 is 12.1. The minimum Gasteiger partial charge on any atom is -0.492 e. The Morgan fingerprint density at radius 2 is 1.85 bits per heavy atom. The van der Waals surface area contributed by atoms with Crippen molar-refractivity contribution in [2.75, 3.05) is 12.9 Å². The van der Waals surface area contributed by atoms with Gasteiger partial charge in [0.25, 0.3) is 0 Å². The minimum atomic E-state index is -3.48. The number of halogens is 2.